The lowest BCUT2D eigenvalue weighted by molar-refractivity contribution is -0.215. The van der Waals surface area contributed by atoms with Crippen molar-refractivity contribution in [3.05, 3.63) is 71.4 Å². The highest BCUT2D eigenvalue weighted by atomic mass is 32.1. The Balaban J connectivity index is 1.53. The van der Waals surface area contributed by atoms with Gasteiger partial charge in [-0.2, -0.15) is 12.6 Å². The van der Waals surface area contributed by atoms with Crippen LogP contribution in [0.3, 0.4) is 0 Å². The van der Waals surface area contributed by atoms with Crippen molar-refractivity contribution in [1.82, 2.24) is 26.3 Å². The molecule has 15 nitrogen and oxygen atoms in total. The van der Waals surface area contributed by atoms with E-state index in [9.17, 15) is 33.9 Å². The van der Waals surface area contributed by atoms with Crippen LogP contribution < -0.4 is 31.7 Å². The number of carboxylic acid groups (broad SMARTS) is 1. The van der Waals surface area contributed by atoms with Crippen molar-refractivity contribution >= 4 is 48.2 Å². The highest BCUT2D eigenvalue weighted by Gasteiger charge is 2.30. The molecule has 0 aromatic heterocycles. The lowest BCUT2D eigenvalue weighted by Gasteiger charge is -2.37. The number of nitrogens with two attached hydrogens (primary N) is 1. The van der Waals surface area contributed by atoms with Gasteiger partial charge in [0.1, 0.15) is 35.5 Å². The summed E-state index contributed by atoms with van der Waals surface area (Å²) in [6, 6.07) is 12.1. The van der Waals surface area contributed by atoms with Crippen LogP contribution in [0, 0.1) is 5.92 Å². The first-order valence-electron chi connectivity index (χ1n) is 18.4. The standard InChI is InChI=1S/C39H54N6O9S/c1-39(2,3)54-45-17-16-27(19-29(45)24-46)11-7-8-18-53-30-14-12-28(13-15-30)21-32(38(51)52)44-36(49)31(20-26-9-5-4-6-10-26)43-37(50)33(25-55)42-35(48)23-41-34(47)22-40/h4-6,9-10,12-15,27,31-33,55H,7-8,11,16-23,25,40H2,1-3H3,(H,41,47)(H,42,48)(H,43,50)(H,44,49)(H,51,52)/t27?,31-,32-,33-/m0/s1. The molecule has 0 aliphatic carbocycles. The summed E-state index contributed by atoms with van der Waals surface area (Å²) in [6.07, 6.45) is 4.28. The molecule has 55 heavy (non-hydrogen) atoms. The average molecular weight is 783 g/mol. The number of nitrogens with one attached hydrogen (secondary N) is 4. The van der Waals surface area contributed by atoms with E-state index in [0.29, 0.717) is 48.1 Å². The largest absolute Gasteiger partial charge is 0.494 e. The first-order chi connectivity index (χ1) is 26.2. The number of nitrogens with zero attached hydrogens (tertiary/aromatic N) is 1. The fourth-order valence-electron chi connectivity index (χ4n) is 5.86. The first-order valence-corrected chi connectivity index (χ1v) is 19.0. The molecule has 0 radical (unpaired) electrons. The van der Waals surface area contributed by atoms with E-state index in [1.165, 1.54) is 0 Å². The number of hydrogen-bond acceptors (Lipinski definition) is 11. The molecular weight excluding hydrogens is 729 g/mol. The Kier molecular flexibility index (Phi) is 18.2. The van der Waals surface area contributed by atoms with E-state index in [2.05, 4.69) is 33.9 Å². The molecule has 3 rings (SSSR count). The predicted molar refractivity (Wildman–Crippen MR) is 208 cm³/mol. The van der Waals surface area contributed by atoms with Gasteiger partial charge in [-0.05, 0) is 75.6 Å². The van der Waals surface area contributed by atoms with Gasteiger partial charge >= 0.3 is 5.97 Å². The Labute approximate surface area is 327 Å². The molecule has 7 N–H and O–H groups in total. The summed E-state index contributed by atoms with van der Waals surface area (Å²) in [7, 11) is 0. The maximum absolute atomic E-state index is 13.6. The number of unbranched alkanes of at least 4 members (excludes halogenated alkanes) is 1. The Hall–Kier alpha value is -4.89. The van der Waals surface area contributed by atoms with E-state index < -0.39 is 54.3 Å². The Bertz CT molecular complexity index is 1630. The number of hydroxylamine groups is 2. The molecule has 2 aromatic carbocycles. The molecular formula is C39H54N6O9S. The third-order valence-electron chi connectivity index (χ3n) is 8.66. The number of carbonyl (C=O) groups is 5. The summed E-state index contributed by atoms with van der Waals surface area (Å²) in [4.78, 5) is 80.2. The number of thiol groups is 1. The van der Waals surface area contributed by atoms with Crippen molar-refractivity contribution in [2.75, 3.05) is 32.0 Å². The number of carboxylic acids is 1. The van der Waals surface area contributed by atoms with Gasteiger partial charge in [-0.15, -0.1) is 0 Å². The number of aliphatic carboxylic acids is 1. The second-order valence-corrected chi connectivity index (χ2v) is 14.7. The monoisotopic (exact) mass is 782 g/mol. The molecule has 1 aliphatic rings. The van der Waals surface area contributed by atoms with Gasteiger partial charge < -0.3 is 36.8 Å². The van der Waals surface area contributed by atoms with Crippen molar-refractivity contribution in [3.8, 4) is 5.75 Å². The zero-order valence-corrected chi connectivity index (χ0v) is 32.6. The van der Waals surface area contributed by atoms with Crippen molar-refractivity contribution in [1.29, 1.82) is 0 Å². The van der Waals surface area contributed by atoms with Gasteiger partial charge in [0.05, 0.1) is 25.3 Å². The van der Waals surface area contributed by atoms with Crippen LogP contribution >= 0.6 is 12.6 Å². The van der Waals surface area contributed by atoms with Crippen molar-refractivity contribution in [2.45, 2.75) is 89.4 Å². The summed E-state index contributed by atoms with van der Waals surface area (Å²) in [5.74, 6) is -0.992. The molecule has 1 fully saturated rings. The van der Waals surface area contributed by atoms with Crippen LogP contribution in [-0.2, 0) is 46.4 Å². The molecule has 1 unspecified atom stereocenters. The molecule has 300 valence electrons. The second-order valence-electron chi connectivity index (χ2n) is 14.3. The number of benzene rings is 2. The number of amides is 4. The Morgan fingerprint density at radius 2 is 1.55 bits per heavy atom. The van der Waals surface area contributed by atoms with Crippen LogP contribution in [0.5, 0.6) is 5.75 Å². The van der Waals surface area contributed by atoms with E-state index in [-0.39, 0.29) is 30.7 Å². The Morgan fingerprint density at radius 3 is 2.16 bits per heavy atom. The van der Waals surface area contributed by atoms with Gasteiger partial charge in [-0.3, -0.25) is 24.0 Å². The lowest BCUT2D eigenvalue weighted by atomic mass is 9.91. The third-order valence-corrected chi connectivity index (χ3v) is 9.03. The van der Waals surface area contributed by atoms with Gasteiger partial charge in [0.25, 0.3) is 0 Å². The molecule has 16 heteroatoms. The topological polar surface area (TPSA) is 218 Å². The predicted octanol–water partition coefficient (Wildman–Crippen LogP) is 1.72. The van der Waals surface area contributed by atoms with Crippen LogP contribution in [0.1, 0.15) is 64.0 Å². The van der Waals surface area contributed by atoms with Crippen LogP contribution in [-0.4, -0.2) is 101 Å². The number of hydrogen-bond donors (Lipinski definition) is 7. The van der Waals surface area contributed by atoms with Gasteiger partial charge in [-0.25, -0.2) is 14.7 Å². The van der Waals surface area contributed by atoms with Gasteiger partial charge in [-0.1, -0.05) is 42.5 Å². The highest BCUT2D eigenvalue weighted by Crippen LogP contribution is 2.30. The quantitative estimate of drug-likeness (QED) is 0.0550. The Morgan fingerprint density at radius 1 is 0.909 bits per heavy atom. The maximum atomic E-state index is 13.6. The van der Waals surface area contributed by atoms with Crippen LogP contribution in [0.15, 0.2) is 60.3 Å². The second kappa shape index (κ2) is 22.5. The number of allylic oxidation sites excluding steroid dienone is 1. The zero-order valence-electron chi connectivity index (χ0n) is 31.7. The maximum Gasteiger partial charge on any atom is 0.326 e. The molecule has 0 spiro atoms. The highest BCUT2D eigenvalue weighted by molar-refractivity contribution is 7.80. The molecule has 0 bridgehead atoms. The molecule has 1 saturated heterocycles. The summed E-state index contributed by atoms with van der Waals surface area (Å²) in [5, 5.41) is 21.6. The van der Waals surface area contributed by atoms with E-state index in [1.54, 1.807) is 59.7 Å². The van der Waals surface area contributed by atoms with Crippen LogP contribution in [0.2, 0.25) is 0 Å². The smallest absolute Gasteiger partial charge is 0.326 e. The van der Waals surface area contributed by atoms with E-state index in [0.717, 1.165) is 25.7 Å². The number of piperidine rings is 1. The summed E-state index contributed by atoms with van der Waals surface area (Å²) in [6.45, 7) is 6.27. The third kappa shape index (κ3) is 16.2. The SMILES string of the molecule is CC(C)(C)ON1CCC(CCCCOc2ccc(C[C@H](NC(=O)[C@H](Cc3ccccc3)NC(=O)[C@H](CS)NC(=O)CNC(=O)CN)C(=O)O)cc2)CC1=C=O. The average Bonchev–Trinajstić information content (AvgIpc) is 3.16. The van der Waals surface area contributed by atoms with Crippen molar-refractivity contribution in [3.63, 3.8) is 0 Å². The van der Waals surface area contributed by atoms with Crippen LogP contribution in [0.25, 0.3) is 0 Å². The van der Waals surface area contributed by atoms with Crippen molar-refractivity contribution < 1.29 is 43.4 Å². The molecule has 0 saturated carbocycles. The summed E-state index contributed by atoms with van der Waals surface area (Å²) < 4.78 is 5.91. The molecule has 1 heterocycles. The van der Waals surface area contributed by atoms with E-state index in [4.69, 9.17) is 15.3 Å². The minimum absolute atomic E-state index is 0.0337. The zero-order chi connectivity index (χ0) is 40.4. The summed E-state index contributed by atoms with van der Waals surface area (Å²) >= 11 is 4.15. The van der Waals surface area contributed by atoms with Gasteiger partial charge in [0.15, 0.2) is 0 Å². The molecule has 1 aliphatic heterocycles. The molecule has 4 atom stereocenters. The molecule has 2 aromatic rings. The number of rotatable bonds is 21. The van der Waals surface area contributed by atoms with Gasteiger partial charge in [0, 0.05) is 31.6 Å². The minimum Gasteiger partial charge on any atom is -0.494 e. The normalized spacial score (nSPS) is 15.8. The number of carbonyl (C=O) groups excluding carboxylic acids is 5. The summed E-state index contributed by atoms with van der Waals surface area (Å²) in [5.41, 5.74) is 6.75. The van der Waals surface area contributed by atoms with Gasteiger partial charge in [0.2, 0.25) is 23.6 Å². The lowest BCUT2D eigenvalue weighted by Crippen LogP contribution is -2.57. The minimum atomic E-state index is -1.32. The van der Waals surface area contributed by atoms with Crippen LogP contribution in [0.4, 0.5) is 0 Å². The fourth-order valence-corrected chi connectivity index (χ4v) is 6.12. The number of ether oxygens (including phenoxy) is 1. The van der Waals surface area contributed by atoms with E-state index >= 15 is 0 Å². The molecule has 4 amide bonds. The first kappa shape index (κ1) is 44.5. The van der Waals surface area contributed by atoms with Crippen molar-refractivity contribution in [2.24, 2.45) is 11.7 Å². The fraction of sp³-hybridized carbons (Fsp3) is 0.513. The van der Waals surface area contributed by atoms with E-state index in [1.807, 2.05) is 26.7 Å².